The zero-order valence-corrected chi connectivity index (χ0v) is 13.6. The van der Waals surface area contributed by atoms with Crippen LogP contribution in [0.4, 0.5) is 0 Å². The van der Waals surface area contributed by atoms with Gasteiger partial charge in [-0.15, -0.1) is 0 Å². The minimum absolute atomic E-state index is 0.0113. The number of piperazine rings is 1. The molecule has 0 unspecified atom stereocenters. The molecule has 2 aliphatic heterocycles. The fourth-order valence-electron chi connectivity index (χ4n) is 3.29. The molecular formula is C17H25N3O3. The molecule has 0 N–H and O–H groups in total. The molecule has 3 rings (SSSR count). The fourth-order valence-corrected chi connectivity index (χ4v) is 3.29. The van der Waals surface area contributed by atoms with Crippen molar-refractivity contribution in [3.05, 3.63) is 24.2 Å². The normalized spacial score (nSPS) is 20.3. The van der Waals surface area contributed by atoms with Gasteiger partial charge in [-0.25, -0.2) is 0 Å². The third kappa shape index (κ3) is 4.13. The molecule has 1 aromatic rings. The molecule has 1 aromatic heterocycles. The van der Waals surface area contributed by atoms with E-state index in [1.165, 1.54) is 25.4 Å². The third-order valence-corrected chi connectivity index (χ3v) is 4.75. The quantitative estimate of drug-likeness (QED) is 0.846. The van der Waals surface area contributed by atoms with E-state index in [4.69, 9.17) is 4.42 Å². The summed E-state index contributed by atoms with van der Waals surface area (Å²) >= 11 is 0. The first-order chi connectivity index (χ1) is 11.2. The summed E-state index contributed by atoms with van der Waals surface area (Å²) in [7, 11) is 0. The number of furan rings is 1. The Bertz CT molecular complexity index is 513. The molecule has 6 heteroatoms. The molecule has 0 spiro atoms. The molecular weight excluding hydrogens is 294 g/mol. The molecule has 6 nitrogen and oxygen atoms in total. The van der Waals surface area contributed by atoms with E-state index in [1.807, 2.05) is 9.80 Å². The van der Waals surface area contributed by atoms with Crippen LogP contribution in [0.3, 0.4) is 0 Å². The van der Waals surface area contributed by atoms with Gasteiger partial charge in [-0.2, -0.15) is 0 Å². The zero-order valence-electron chi connectivity index (χ0n) is 13.6. The lowest BCUT2D eigenvalue weighted by molar-refractivity contribution is -0.132. The first-order valence-electron chi connectivity index (χ1n) is 8.55. The van der Waals surface area contributed by atoms with Crippen molar-refractivity contribution in [2.45, 2.75) is 25.7 Å². The molecule has 0 aliphatic carbocycles. The van der Waals surface area contributed by atoms with Crippen LogP contribution in [0.15, 0.2) is 23.0 Å². The van der Waals surface area contributed by atoms with Gasteiger partial charge in [0.05, 0.1) is 18.4 Å². The molecule has 2 aliphatic rings. The topological polar surface area (TPSA) is 57.0 Å². The second kappa shape index (κ2) is 7.64. The average Bonchev–Trinajstić information content (AvgIpc) is 2.97. The molecule has 0 bridgehead atoms. The first-order valence-corrected chi connectivity index (χ1v) is 8.55. The van der Waals surface area contributed by atoms with Crippen LogP contribution in [0.1, 0.15) is 36.0 Å². The number of likely N-dealkylation sites (tertiary alicyclic amines) is 1. The Balaban J connectivity index is 1.45. The Labute approximate surface area is 137 Å². The van der Waals surface area contributed by atoms with Crippen molar-refractivity contribution in [1.29, 1.82) is 0 Å². The average molecular weight is 319 g/mol. The maximum Gasteiger partial charge on any atom is 0.257 e. The number of hydrogen-bond acceptors (Lipinski definition) is 4. The molecule has 2 saturated heterocycles. The monoisotopic (exact) mass is 319 g/mol. The predicted octanol–water partition coefficient (Wildman–Crippen LogP) is 1.44. The Morgan fingerprint density at radius 2 is 1.61 bits per heavy atom. The molecule has 126 valence electrons. The van der Waals surface area contributed by atoms with Gasteiger partial charge in [0.25, 0.3) is 5.91 Å². The molecule has 2 fully saturated rings. The van der Waals surface area contributed by atoms with Crippen molar-refractivity contribution >= 4 is 11.8 Å². The van der Waals surface area contributed by atoms with Gasteiger partial charge in [0.2, 0.25) is 5.91 Å². The van der Waals surface area contributed by atoms with Crippen LogP contribution in [0.5, 0.6) is 0 Å². The van der Waals surface area contributed by atoms with Crippen LogP contribution in [0.2, 0.25) is 0 Å². The van der Waals surface area contributed by atoms with Crippen LogP contribution < -0.4 is 0 Å². The Hall–Kier alpha value is -1.82. The minimum Gasteiger partial charge on any atom is -0.472 e. The Morgan fingerprint density at radius 3 is 2.22 bits per heavy atom. The SMILES string of the molecule is O=C(CN1CCN(C(=O)c2ccoc2)CC1)N1CCCCCC1. The van der Waals surface area contributed by atoms with E-state index in [-0.39, 0.29) is 11.8 Å². The fraction of sp³-hybridized carbons (Fsp3) is 0.647. The number of carbonyl (C=O) groups excluding carboxylic acids is 2. The summed E-state index contributed by atoms with van der Waals surface area (Å²) in [6, 6.07) is 1.69. The highest BCUT2D eigenvalue weighted by Gasteiger charge is 2.25. The van der Waals surface area contributed by atoms with Crippen LogP contribution in [0.25, 0.3) is 0 Å². The van der Waals surface area contributed by atoms with Crippen molar-refractivity contribution < 1.29 is 14.0 Å². The summed E-state index contributed by atoms with van der Waals surface area (Å²) in [6.45, 7) is 5.12. The van der Waals surface area contributed by atoms with Gasteiger partial charge in [0.15, 0.2) is 0 Å². The van der Waals surface area contributed by atoms with E-state index in [1.54, 1.807) is 6.07 Å². The standard InChI is InChI=1S/C17H25N3O3/c21-16(19-6-3-1-2-4-7-19)13-18-8-10-20(11-9-18)17(22)15-5-12-23-14-15/h5,12,14H,1-4,6-11,13H2. The van der Waals surface area contributed by atoms with Crippen molar-refractivity contribution in [3.63, 3.8) is 0 Å². The molecule has 0 radical (unpaired) electrons. The number of rotatable bonds is 3. The third-order valence-electron chi connectivity index (χ3n) is 4.75. The van der Waals surface area contributed by atoms with E-state index in [2.05, 4.69) is 4.90 Å². The number of hydrogen-bond donors (Lipinski definition) is 0. The smallest absolute Gasteiger partial charge is 0.257 e. The summed E-state index contributed by atoms with van der Waals surface area (Å²) in [5.74, 6) is 0.249. The highest BCUT2D eigenvalue weighted by molar-refractivity contribution is 5.93. The van der Waals surface area contributed by atoms with E-state index >= 15 is 0 Å². The molecule has 23 heavy (non-hydrogen) atoms. The van der Waals surface area contributed by atoms with Crippen LogP contribution >= 0.6 is 0 Å². The van der Waals surface area contributed by atoms with E-state index < -0.39 is 0 Å². The number of nitrogens with zero attached hydrogens (tertiary/aromatic N) is 3. The molecule has 0 saturated carbocycles. The highest BCUT2D eigenvalue weighted by Crippen LogP contribution is 2.12. The van der Waals surface area contributed by atoms with E-state index in [0.29, 0.717) is 25.2 Å². The second-order valence-electron chi connectivity index (χ2n) is 6.38. The maximum absolute atomic E-state index is 12.4. The van der Waals surface area contributed by atoms with Gasteiger partial charge in [0.1, 0.15) is 6.26 Å². The van der Waals surface area contributed by atoms with Gasteiger partial charge in [-0.3, -0.25) is 14.5 Å². The lowest BCUT2D eigenvalue weighted by atomic mass is 10.2. The van der Waals surface area contributed by atoms with Crippen molar-refractivity contribution in [1.82, 2.24) is 14.7 Å². The van der Waals surface area contributed by atoms with Gasteiger partial charge in [0, 0.05) is 39.3 Å². The van der Waals surface area contributed by atoms with Gasteiger partial charge >= 0.3 is 0 Å². The summed E-state index contributed by atoms with van der Waals surface area (Å²) < 4.78 is 4.97. The van der Waals surface area contributed by atoms with Crippen LogP contribution in [-0.2, 0) is 4.79 Å². The molecule has 3 heterocycles. The summed E-state index contributed by atoms with van der Waals surface area (Å²) in [5, 5.41) is 0. The van der Waals surface area contributed by atoms with Gasteiger partial charge in [-0.1, -0.05) is 12.8 Å². The maximum atomic E-state index is 12.4. The van der Waals surface area contributed by atoms with Gasteiger partial charge < -0.3 is 14.2 Å². The summed E-state index contributed by atoms with van der Waals surface area (Å²) in [5.41, 5.74) is 0.596. The Morgan fingerprint density at radius 1 is 0.913 bits per heavy atom. The predicted molar refractivity (Wildman–Crippen MR) is 86.1 cm³/mol. The molecule has 0 atom stereocenters. The molecule has 2 amide bonds. The zero-order chi connectivity index (χ0) is 16.1. The Kier molecular flexibility index (Phi) is 5.33. The summed E-state index contributed by atoms with van der Waals surface area (Å²) in [4.78, 5) is 30.7. The van der Waals surface area contributed by atoms with Crippen LogP contribution in [0, 0.1) is 0 Å². The van der Waals surface area contributed by atoms with Crippen molar-refractivity contribution in [2.24, 2.45) is 0 Å². The lowest BCUT2D eigenvalue weighted by Gasteiger charge is -2.35. The van der Waals surface area contributed by atoms with E-state index in [9.17, 15) is 9.59 Å². The lowest BCUT2D eigenvalue weighted by Crippen LogP contribution is -2.51. The van der Waals surface area contributed by atoms with Gasteiger partial charge in [-0.05, 0) is 18.9 Å². The van der Waals surface area contributed by atoms with E-state index in [0.717, 1.165) is 39.0 Å². The highest BCUT2D eigenvalue weighted by atomic mass is 16.3. The van der Waals surface area contributed by atoms with Crippen molar-refractivity contribution in [3.8, 4) is 0 Å². The van der Waals surface area contributed by atoms with Crippen molar-refractivity contribution in [2.75, 3.05) is 45.8 Å². The van der Waals surface area contributed by atoms with Crippen LogP contribution in [-0.4, -0.2) is 72.3 Å². The molecule has 0 aromatic carbocycles. The number of amides is 2. The minimum atomic E-state index is 0.0113. The first kappa shape index (κ1) is 16.1. The largest absolute Gasteiger partial charge is 0.472 e. The second-order valence-corrected chi connectivity index (χ2v) is 6.38. The number of carbonyl (C=O) groups is 2. The summed E-state index contributed by atoms with van der Waals surface area (Å²) in [6.07, 6.45) is 7.72.